The lowest BCUT2D eigenvalue weighted by atomic mass is 10.1. The molecule has 2 heterocycles. The summed E-state index contributed by atoms with van der Waals surface area (Å²) in [7, 11) is 0. The number of aromatic nitrogens is 2. The van der Waals surface area contributed by atoms with Crippen molar-refractivity contribution in [3.63, 3.8) is 0 Å². The number of halogens is 1. The smallest absolute Gasteiger partial charge is 0.112 e. The first-order valence-electron chi connectivity index (χ1n) is 6.34. The van der Waals surface area contributed by atoms with Gasteiger partial charge in [-0.2, -0.15) is 5.26 Å². The molecule has 0 amide bonds. The minimum Gasteiger partial charge on any atom is -0.369 e. The first-order chi connectivity index (χ1) is 9.79. The highest BCUT2D eigenvalue weighted by Gasteiger charge is 2.21. The molecule has 0 aliphatic carbocycles. The first kappa shape index (κ1) is 13.3. The van der Waals surface area contributed by atoms with Crippen LogP contribution >= 0.6 is 15.9 Å². The van der Waals surface area contributed by atoms with E-state index in [1.165, 1.54) is 0 Å². The lowest BCUT2D eigenvalue weighted by Crippen LogP contribution is -2.34. The third-order valence-corrected chi connectivity index (χ3v) is 3.76. The van der Waals surface area contributed by atoms with Gasteiger partial charge in [0.1, 0.15) is 12.2 Å². The quantitative estimate of drug-likeness (QED) is 0.915. The summed E-state index contributed by atoms with van der Waals surface area (Å²) in [6, 6.07) is 7.79. The fraction of sp³-hybridized carbons (Fsp3) is 0.286. The van der Waals surface area contributed by atoms with E-state index >= 15 is 0 Å². The summed E-state index contributed by atoms with van der Waals surface area (Å²) in [6.45, 7) is 2.30. The summed E-state index contributed by atoms with van der Waals surface area (Å²) in [4.78, 5) is 4.21. The van der Waals surface area contributed by atoms with Gasteiger partial charge < -0.3 is 10.1 Å². The molecule has 5 nitrogen and oxygen atoms in total. The molecule has 0 saturated carbocycles. The van der Waals surface area contributed by atoms with E-state index in [1.54, 1.807) is 18.6 Å². The Morgan fingerprint density at radius 1 is 1.50 bits per heavy atom. The molecule has 1 aliphatic heterocycles. The molecule has 6 heteroatoms. The maximum atomic E-state index is 9.27. The van der Waals surface area contributed by atoms with Crippen molar-refractivity contribution >= 4 is 15.9 Å². The second-order valence-corrected chi connectivity index (χ2v) is 5.44. The molecule has 0 radical (unpaired) electrons. The SMILES string of the molecule is N#Cc1ccc(Br)cc1-n1cncc1C1CNCCO1. The molecule has 2 aromatic rings. The number of ether oxygens (including phenoxy) is 1. The molecule has 3 rings (SSSR count). The van der Waals surface area contributed by atoms with Crippen LogP contribution in [-0.4, -0.2) is 29.2 Å². The minimum absolute atomic E-state index is 0.0447. The molecular weight excluding hydrogens is 320 g/mol. The van der Waals surface area contributed by atoms with Crippen LogP contribution < -0.4 is 5.32 Å². The van der Waals surface area contributed by atoms with Crippen molar-refractivity contribution in [3.8, 4) is 11.8 Å². The zero-order chi connectivity index (χ0) is 13.9. The van der Waals surface area contributed by atoms with Gasteiger partial charge in [0, 0.05) is 17.6 Å². The third-order valence-electron chi connectivity index (χ3n) is 3.26. The number of benzene rings is 1. The van der Waals surface area contributed by atoms with Crippen LogP contribution in [0.2, 0.25) is 0 Å². The van der Waals surface area contributed by atoms with E-state index in [4.69, 9.17) is 4.74 Å². The molecule has 0 spiro atoms. The van der Waals surface area contributed by atoms with Crippen LogP contribution in [0.5, 0.6) is 0 Å². The summed E-state index contributed by atoms with van der Waals surface area (Å²) >= 11 is 3.44. The zero-order valence-electron chi connectivity index (χ0n) is 10.7. The highest BCUT2D eigenvalue weighted by Crippen LogP contribution is 2.25. The predicted octanol–water partition coefficient (Wildman–Crippen LogP) is 2.17. The summed E-state index contributed by atoms with van der Waals surface area (Å²) in [5, 5.41) is 12.6. The Morgan fingerprint density at radius 3 is 3.15 bits per heavy atom. The largest absolute Gasteiger partial charge is 0.369 e. The van der Waals surface area contributed by atoms with Crippen molar-refractivity contribution in [2.24, 2.45) is 0 Å². The summed E-state index contributed by atoms with van der Waals surface area (Å²) in [5.41, 5.74) is 2.37. The Morgan fingerprint density at radius 2 is 2.40 bits per heavy atom. The molecule has 1 N–H and O–H groups in total. The van der Waals surface area contributed by atoms with Crippen LogP contribution in [-0.2, 0) is 4.74 Å². The monoisotopic (exact) mass is 332 g/mol. The van der Waals surface area contributed by atoms with E-state index < -0.39 is 0 Å². The van der Waals surface area contributed by atoms with Gasteiger partial charge in [-0.05, 0) is 18.2 Å². The van der Waals surface area contributed by atoms with Gasteiger partial charge in [-0.3, -0.25) is 4.57 Å². The van der Waals surface area contributed by atoms with Crippen molar-refractivity contribution in [1.82, 2.24) is 14.9 Å². The number of hydrogen-bond donors (Lipinski definition) is 1. The molecule has 0 bridgehead atoms. The van der Waals surface area contributed by atoms with Crippen molar-refractivity contribution in [2.75, 3.05) is 19.7 Å². The number of nitrogens with one attached hydrogen (secondary N) is 1. The maximum absolute atomic E-state index is 9.27. The highest BCUT2D eigenvalue weighted by atomic mass is 79.9. The Bertz CT molecular complexity index is 655. The topological polar surface area (TPSA) is 62.9 Å². The zero-order valence-corrected chi connectivity index (χ0v) is 12.3. The van der Waals surface area contributed by atoms with E-state index in [2.05, 4.69) is 32.3 Å². The summed E-state index contributed by atoms with van der Waals surface area (Å²) < 4.78 is 8.61. The van der Waals surface area contributed by atoms with E-state index in [-0.39, 0.29) is 6.10 Å². The summed E-state index contributed by atoms with van der Waals surface area (Å²) in [5.74, 6) is 0. The molecule has 20 heavy (non-hydrogen) atoms. The highest BCUT2D eigenvalue weighted by molar-refractivity contribution is 9.10. The molecular formula is C14H13BrN4O. The normalized spacial score (nSPS) is 18.7. The van der Waals surface area contributed by atoms with Gasteiger partial charge in [0.05, 0.1) is 36.1 Å². The molecule has 1 fully saturated rings. The van der Waals surface area contributed by atoms with Crippen molar-refractivity contribution in [2.45, 2.75) is 6.10 Å². The Balaban J connectivity index is 2.05. The number of morpholine rings is 1. The fourth-order valence-corrected chi connectivity index (χ4v) is 2.65. The van der Waals surface area contributed by atoms with Gasteiger partial charge in [-0.1, -0.05) is 15.9 Å². The standard InChI is InChI=1S/C14H13BrN4O/c15-11-2-1-10(6-16)12(5-11)19-9-18-7-13(19)14-8-17-3-4-20-14/h1-2,5,7,9,14,17H,3-4,8H2. The van der Waals surface area contributed by atoms with E-state index in [0.29, 0.717) is 12.2 Å². The summed E-state index contributed by atoms with van der Waals surface area (Å²) in [6.07, 6.45) is 3.46. The Kier molecular flexibility index (Phi) is 3.83. The molecule has 1 aliphatic rings. The van der Waals surface area contributed by atoms with Gasteiger partial charge in [-0.15, -0.1) is 0 Å². The molecule has 1 atom stereocenters. The fourth-order valence-electron chi connectivity index (χ4n) is 2.30. The molecule has 1 saturated heterocycles. The number of nitrogens with zero attached hydrogens (tertiary/aromatic N) is 3. The lowest BCUT2D eigenvalue weighted by molar-refractivity contribution is 0.0240. The first-order valence-corrected chi connectivity index (χ1v) is 7.13. The number of rotatable bonds is 2. The van der Waals surface area contributed by atoms with Gasteiger partial charge in [-0.25, -0.2) is 4.98 Å². The average molecular weight is 333 g/mol. The van der Waals surface area contributed by atoms with E-state index in [9.17, 15) is 5.26 Å². The Labute approximate surface area is 125 Å². The third kappa shape index (κ3) is 2.48. The van der Waals surface area contributed by atoms with Gasteiger partial charge in [0.2, 0.25) is 0 Å². The van der Waals surface area contributed by atoms with Crippen LogP contribution in [0, 0.1) is 11.3 Å². The number of nitriles is 1. The van der Waals surface area contributed by atoms with Crippen molar-refractivity contribution in [1.29, 1.82) is 5.26 Å². The van der Waals surface area contributed by atoms with Crippen LogP contribution in [0.25, 0.3) is 5.69 Å². The number of hydrogen-bond acceptors (Lipinski definition) is 4. The van der Waals surface area contributed by atoms with Crippen LogP contribution in [0.4, 0.5) is 0 Å². The molecule has 102 valence electrons. The minimum atomic E-state index is -0.0447. The molecule has 1 aromatic carbocycles. The lowest BCUT2D eigenvalue weighted by Gasteiger charge is -2.24. The molecule has 1 aromatic heterocycles. The van der Waals surface area contributed by atoms with Crippen LogP contribution in [0.1, 0.15) is 17.4 Å². The van der Waals surface area contributed by atoms with Gasteiger partial charge in [0.15, 0.2) is 0 Å². The van der Waals surface area contributed by atoms with Crippen LogP contribution in [0.3, 0.4) is 0 Å². The van der Waals surface area contributed by atoms with Gasteiger partial charge >= 0.3 is 0 Å². The predicted molar refractivity (Wildman–Crippen MR) is 77.5 cm³/mol. The second-order valence-electron chi connectivity index (χ2n) is 4.53. The molecule has 1 unspecified atom stereocenters. The van der Waals surface area contributed by atoms with E-state index in [0.717, 1.165) is 28.9 Å². The van der Waals surface area contributed by atoms with Crippen molar-refractivity contribution < 1.29 is 4.74 Å². The Hall–Kier alpha value is -1.68. The second kappa shape index (κ2) is 5.75. The average Bonchev–Trinajstić information content (AvgIpc) is 2.97. The van der Waals surface area contributed by atoms with Gasteiger partial charge in [0.25, 0.3) is 0 Å². The van der Waals surface area contributed by atoms with Crippen molar-refractivity contribution in [3.05, 3.63) is 46.5 Å². The van der Waals surface area contributed by atoms with E-state index in [1.807, 2.05) is 16.7 Å². The maximum Gasteiger partial charge on any atom is 0.112 e. The number of imidazole rings is 1. The van der Waals surface area contributed by atoms with Crippen LogP contribution in [0.15, 0.2) is 35.2 Å².